The first-order valence-electron chi connectivity index (χ1n) is 8.38. The molecule has 3 aromatic rings. The van der Waals surface area contributed by atoms with Gasteiger partial charge >= 0.3 is 0 Å². The summed E-state index contributed by atoms with van der Waals surface area (Å²) >= 11 is 0. The maximum absolute atomic E-state index is 12.5. The molecule has 0 saturated carbocycles. The molecule has 29 heavy (non-hydrogen) atoms. The molecule has 0 aromatic heterocycles. The number of nitro groups is 1. The van der Waals surface area contributed by atoms with Crippen LogP contribution in [0.1, 0.15) is 5.56 Å². The van der Waals surface area contributed by atoms with E-state index in [1.165, 1.54) is 13.2 Å². The molecule has 0 fully saturated rings. The van der Waals surface area contributed by atoms with Gasteiger partial charge in [0.15, 0.2) is 0 Å². The molecule has 0 unspecified atom stereocenters. The van der Waals surface area contributed by atoms with Gasteiger partial charge in [-0.05, 0) is 40.6 Å². The maximum atomic E-state index is 12.5. The van der Waals surface area contributed by atoms with E-state index in [1.807, 2.05) is 30.3 Å². The Morgan fingerprint density at radius 2 is 1.90 bits per heavy atom. The molecule has 0 bridgehead atoms. The fourth-order valence-corrected chi connectivity index (χ4v) is 2.76. The van der Waals surface area contributed by atoms with Crippen molar-refractivity contribution in [3.05, 3.63) is 75.8 Å². The maximum Gasteiger partial charge on any atom is 0.266 e. The van der Waals surface area contributed by atoms with E-state index >= 15 is 0 Å². The Hall–Kier alpha value is -4.38. The van der Waals surface area contributed by atoms with E-state index < -0.39 is 22.3 Å². The van der Waals surface area contributed by atoms with Crippen LogP contribution in [0.2, 0.25) is 0 Å². The highest BCUT2D eigenvalue weighted by molar-refractivity contribution is 6.10. The molecule has 0 aliphatic rings. The number of nitriles is 1. The zero-order valence-corrected chi connectivity index (χ0v) is 15.2. The van der Waals surface area contributed by atoms with Crippen molar-refractivity contribution in [2.75, 3.05) is 12.4 Å². The van der Waals surface area contributed by atoms with Gasteiger partial charge in [-0.25, -0.2) is 0 Å². The van der Waals surface area contributed by atoms with Gasteiger partial charge < -0.3 is 15.2 Å². The van der Waals surface area contributed by atoms with Crippen LogP contribution in [0.5, 0.6) is 11.5 Å². The quantitative estimate of drug-likeness (QED) is 0.309. The molecule has 0 aliphatic carbocycles. The molecule has 144 valence electrons. The Labute approximate surface area is 165 Å². The van der Waals surface area contributed by atoms with Crippen LogP contribution >= 0.6 is 0 Å². The number of benzene rings is 3. The van der Waals surface area contributed by atoms with E-state index in [0.717, 1.165) is 22.9 Å². The molecule has 1 N–H and O–H groups in total. The number of nitrogens with one attached hydrogen (secondary N) is 1. The minimum atomic E-state index is -0.881. The molecule has 1 amide bonds. The van der Waals surface area contributed by atoms with Crippen molar-refractivity contribution < 1.29 is 19.6 Å². The topological polar surface area (TPSA) is 128 Å². The Balaban J connectivity index is 1.92. The van der Waals surface area contributed by atoms with Gasteiger partial charge in [0.25, 0.3) is 11.6 Å². The van der Waals surface area contributed by atoms with Crippen LogP contribution < -0.4 is 15.2 Å². The molecular weight excluding hydrogens is 374 g/mol. The molecule has 0 spiro atoms. The van der Waals surface area contributed by atoms with Gasteiger partial charge in [0.05, 0.1) is 12.0 Å². The zero-order chi connectivity index (χ0) is 21.0. The van der Waals surface area contributed by atoms with E-state index in [0.29, 0.717) is 5.69 Å². The lowest BCUT2D eigenvalue weighted by molar-refractivity contribution is -0.398. The number of nitrogens with zero attached hydrogens (tertiary/aromatic N) is 2. The van der Waals surface area contributed by atoms with Gasteiger partial charge in [-0.2, -0.15) is 5.26 Å². The summed E-state index contributed by atoms with van der Waals surface area (Å²) in [5.41, 5.74) is -0.373. The number of anilines is 1. The number of amides is 1. The number of carbonyl (C=O) groups excluding carboxylic acids is 1. The summed E-state index contributed by atoms with van der Waals surface area (Å²) in [4.78, 5) is 22.7. The van der Waals surface area contributed by atoms with Crippen LogP contribution in [0.25, 0.3) is 16.8 Å². The molecule has 0 saturated heterocycles. The minimum absolute atomic E-state index is 0.123. The van der Waals surface area contributed by atoms with E-state index in [1.54, 1.807) is 18.2 Å². The third-order valence-electron chi connectivity index (χ3n) is 4.16. The highest BCUT2D eigenvalue weighted by Gasteiger charge is 2.15. The van der Waals surface area contributed by atoms with Crippen LogP contribution in [0.3, 0.4) is 0 Å². The summed E-state index contributed by atoms with van der Waals surface area (Å²) in [6, 6.07) is 16.9. The fraction of sp³-hybridized carbons (Fsp3) is 0.0476. The van der Waals surface area contributed by atoms with Crippen molar-refractivity contribution in [2.45, 2.75) is 0 Å². The van der Waals surface area contributed by atoms with Gasteiger partial charge in [-0.3, -0.25) is 14.9 Å². The number of ether oxygens (including phenoxy) is 1. The van der Waals surface area contributed by atoms with Crippen molar-refractivity contribution in [1.29, 1.82) is 5.26 Å². The third-order valence-corrected chi connectivity index (χ3v) is 4.16. The first kappa shape index (κ1) is 19.4. The van der Waals surface area contributed by atoms with Crippen LogP contribution in [0, 0.1) is 21.4 Å². The van der Waals surface area contributed by atoms with E-state index in [-0.39, 0.29) is 16.9 Å². The molecule has 3 rings (SSSR count). The summed E-state index contributed by atoms with van der Waals surface area (Å²) < 4.78 is 4.86. The average Bonchev–Trinajstić information content (AvgIpc) is 2.72. The van der Waals surface area contributed by atoms with Crippen LogP contribution in [-0.4, -0.2) is 17.9 Å². The van der Waals surface area contributed by atoms with Crippen LogP contribution in [0.15, 0.2) is 60.2 Å². The highest BCUT2D eigenvalue weighted by Crippen LogP contribution is 2.35. The minimum Gasteiger partial charge on any atom is -0.865 e. The van der Waals surface area contributed by atoms with E-state index in [2.05, 4.69) is 5.32 Å². The first-order chi connectivity index (χ1) is 13.9. The second-order valence-corrected chi connectivity index (χ2v) is 6.01. The van der Waals surface area contributed by atoms with Crippen molar-refractivity contribution in [2.24, 2.45) is 0 Å². The van der Waals surface area contributed by atoms with Crippen molar-refractivity contribution in [1.82, 2.24) is 0 Å². The summed E-state index contributed by atoms with van der Waals surface area (Å²) in [5.74, 6) is -1.82. The molecule has 3 aromatic carbocycles. The Morgan fingerprint density at radius 3 is 2.55 bits per heavy atom. The summed E-state index contributed by atoms with van der Waals surface area (Å²) in [6.45, 7) is 0. The highest BCUT2D eigenvalue weighted by atomic mass is 16.6. The lowest BCUT2D eigenvalue weighted by Crippen LogP contribution is -2.13. The molecule has 8 heteroatoms. The van der Waals surface area contributed by atoms with Gasteiger partial charge in [0, 0.05) is 17.5 Å². The fourth-order valence-electron chi connectivity index (χ4n) is 2.76. The van der Waals surface area contributed by atoms with Crippen molar-refractivity contribution in [3.63, 3.8) is 0 Å². The van der Waals surface area contributed by atoms with Gasteiger partial charge in [0.2, 0.25) is 0 Å². The number of hydrogen-bond acceptors (Lipinski definition) is 6. The number of rotatable bonds is 5. The Bertz CT molecular complexity index is 1190. The normalized spacial score (nSPS) is 11.0. The van der Waals surface area contributed by atoms with Gasteiger partial charge in [-0.15, -0.1) is 0 Å². The molecule has 8 nitrogen and oxygen atoms in total. The average molecular weight is 388 g/mol. The summed E-state index contributed by atoms with van der Waals surface area (Å²) in [5, 5.41) is 36.9. The predicted octanol–water partition coefficient (Wildman–Crippen LogP) is 3.38. The SMILES string of the molecule is COc1cc(/C=C(\C#N)C(=O)Nc2ccc3ccccc3c2)cc([N+](=O)[O-])c1[O-]. The third kappa shape index (κ3) is 4.14. The predicted molar refractivity (Wildman–Crippen MR) is 105 cm³/mol. The van der Waals surface area contributed by atoms with Gasteiger partial charge in [0.1, 0.15) is 17.4 Å². The zero-order valence-electron chi connectivity index (χ0n) is 15.2. The van der Waals surface area contributed by atoms with Crippen LogP contribution in [0.4, 0.5) is 11.4 Å². The van der Waals surface area contributed by atoms with Crippen molar-refractivity contribution in [3.8, 4) is 17.6 Å². The van der Waals surface area contributed by atoms with E-state index in [9.17, 15) is 25.3 Å². The number of carbonyl (C=O) groups is 1. The number of nitro benzene ring substituents is 1. The van der Waals surface area contributed by atoms with E-state index in [4.69, 9.17) is 4.74 Å². The largest absolute Gasteiger partial charge is 0.865 e. The van der Waals surface area contributed by atoms with Crippen LogP contribution in [-0.2, 0) is 4.79 Å². The number of methoxy groups -OCH3 is 1. The first-order valence-corrected chi connectivity index (χ1v) is 8.38. The number of fused-ring (bicyclic) bond motifs is 1. The molecule has 0 heterocycles. The second kappa shape index (κ2) is 8.10. The Morgan fingerprint density at radius 1 is 1.17 bits per heavy atom. The van der Waals surface area contributed by atoms with Gasteiger partial charge in [-0.1, -0.05) is 30.3 Å². The monoisotopic (exact) mass is 388 g/mol. The molecule has 0 aliphatic heterocycles. The second-order valence-electron chi connectivity index (χ2n) is 6.01. The summed E-state index contributed by atoms with van der Waals surface area (Å²) in [6.07, 6.45) is 1.16. The summed E-state index contributed by atoms with van der Waals surface area (Å²) in [7, 11) is 1.20. The van der Waals surface area contributed by atoms with Crippen molar-refractivity contribution >= 4 is 34.1 Å². The smallest absolute Gasteiger partial charge is 0.266 e. The number of hydrogen-bond donors (Lipinski definition) is 1. The molecule has 0 atom stereocenters. The lowest BCUT2D eigenvalue weighted by Gasteiger charge is -2.13. The lowest BCUT2D eigenvalue weighted by atomic mass is 10.1. The Kier molecular flexibility index (Phi) is 5.42. The molecule has 0 radical (unpaired) electrons. The standard InChI is InChI=1S/C21H15N3O5/c1-29-19-10-13(9-18(20(19)25)24(27)28)8-16(12-22)21(26)23-17-7-6-14-4-2-3-5-15(14)11-17/h2-11,25H,1H3,(H,23,26)/p-1/b16-8+. The molecular formula is C21H14N3O5-.